The fraction of sp³-hybridized carbons (Fsp3) is 0. The molecule has 6 heteroatoms. The van der Waals surface area contributed by atoms with Crippen molar-refractivity contribution in [3.05, 3.63) is 28.1 Å². The summed E-state index contributed by atoms with van der Waals surface area (Å²) in [7, 11) is 0. The number of aromatic carboxylic acids is 1. The molecule has 0 amide bonds. The van der Waals surface area contributed by atoms with Crippen molar-refractivity contribution in [2.45, 2.75) is 0 Å². The average Bonchev–Trinajstić information content (AvgIpc) is 2.03. The number of hydrogen-bond donors (Lipinski definition) is 2. The van der Waals surface area contributed by atoms with Crippen molar-refractivity contribution in [1.29, 1.82) is 0 Å². The van der Waals surface area contributed by atoms with Gasteiger partial charge in [0.05, 0.1) is 0 Å². The number of hydrogen-bond acceptors (Lipinski definition) is 3. The Morgan fingerprint density at radius 3 is 2.83 bits per heavy atom. The van der Waals surface area contributed by atoms with Gasteiger partial charge in [0.25, 0.3) is 0 Å². The molecule has 0 fully saturated rings. The van der Waals surface area contributed by atoms with E-state index in [4.69, 9.17) is 16.7 Å². The van der Waals surface area contributed by atoms with Gasteiger partial charge in [0.1, 0.15) is 10.7 Å². The van der Waals surface area contributed by atoms with Gasteiger partial charge in [-0.2, -0.15) is 4.98 Å². The van der Waals surface area contributed by atoms with Gasteiger partial charge in [-0.3, -0.25) is 0 Å². The van der Waals surface area contributed by atoms with Gasteiger partial charge in [-0.25, -0.2) is 4.79 Å². The van der Waals surface area contributed by atoms with Crippen LogP contribution >= 0.6 is 11.6 Å². The Labute approximate surface area is 72.6 Å². The summed E-state index contributed by atoms with van der Waals surface area (Å²) < 4.78 is 0. The predicted molar refractivity (Wildman–Crippen MR) is 41.2 cm³/mol. The molecule has 0 spiro atoms. The Balaban J connectivity index is 3.20. The molecule has 0 radical (unpaired) electrons. The number of carboxylic acid groups (broad SMARTS) is 1. The molecule has 0 unspecified atom stereocenters. The van der Waals surface area contributed by atoms with E-state index in [-0.39, 0.29) is 16.5 Å². The lowest BCUT2D eigenvalue weighted by atomic mass is 10.2. The van der Waals surface area contributed by atoms with Crippen LogP contribution < -0.4 is 5.48 Å². The molecule has 0 aromatic carbocycles. The number of halogens is 1. The zero-order valence-corrected chi connectivity index (χ0v) is 6.58. The van der Waals surface area contributed by atoms with Gasteiger partial charge in [0, 0.05) is 0 Å². The van der Waals surface area contributed by atoms with E-state index >= 15 is 0 Å². The van der Waals surface area contributed by atoms with E-state index in [1.165, 1.54) is 12.1 Å². The molecular formula is C6H5ClN2O3. The second-order valence-corrected chi connectivity index (χ2v) is 2.38. The third-order valence-electron chi connectivity index (χ3n) is 1.23. The summed E-state index contributed by atoms with van der Waals surface area (Å²) in [4.78, 5) is 14.0. The van der Waals surface area contributed by atoms with Gasteiger partial charge in [-0.15, -0.1) is 0 Å². The number of carboxylic acids is 1. The first kappa shape index (κ1) is 8.92. The molecule has 1 rings (SSSR count). The van der Waals surface area contributed by atoms with Crippen molar-refractivity contribution in [3.8, 4) is 0 Å². The third-order valence-corrected chi connectivity index (χ3v) is 1.44. The van der Waals surface area contributed by atoms with Crippen molar-refractivity contribution < 1.29 is 15.4 Å². The van der Waals surface area contributed by atoms with Crippen LogP contribution in [0.3, 0.4) is 0 Å². The SMILES string of the molecule is O=C(O)c1ccc(Cl)nc1[NH2+][O-]. The van der Waals surface area contributed by atoms with Gasteiger partial charge in [0.2, 0.25) is 5.82 Å². The van der Waals surface area contributed by atoms with Crippen molar-refractivity contribution in [3.63, 3.8) is 0 Å². The zero-order valence-electron chi connectivity index (χ0n) is 5.82. The van der Waals surface area contributed by atoms with E-state index in [2.05, 4.69) is 4.98 Å². The number of nitrogens with two attached hydrogens (primary N) is 1. The smallest absolute Gasteiger partial charge is 0.343 e. The van der Waals surface area contributed by atoms with Crippen LogP contribution in [-0.4, -0.2) is 16.1 Å². The highest BCUT2D eigenvalue weighted by molar-refractivity contribution is 6.29. The van der Waals surface area contributed by atoms with E-state index in [9.17, 15) is 10.0 Å². The molecule has 64 valence electrons. The van der Waals surface area contributed by atoms with Gasteiger partial charge in [-0.1, -0.05) is 11.6 Å². The topological polar surface area (TPSA) is 89.9 Å². The molecule has 0 saturated heterocycles. The molecule has 0 bridgehead atoms. The maximum Gasteiger partial charge on any atom is 0.343 e. The second-order valence-electron chi connectivity index (χ2n) is 1.99. The number of quaternary nitrogens is 1. The molecule has 0 saturated carbocycles. The van der Waals surface area contributed by atoms with Crippen molar-refractivity contribution >= 4 is 23.4 Å². The first-order chi connectivity index (χ1) is 5.65. The van der Waals surface area contributed by atoms with Crippen LogP contribution in [0.2, 0.25) is 5.15 Å². The monoisotopic (exact) mass is 188 g/mol. The van der Waals surface area contributed by atoms with Crippen LogP contribution in [0, 0.1) is 5.21 Å². The molecule has 1 aromatic rings. The van der Waals surface area contributed by atoms with E-state index in [1.54, 1.807) is 0 Å². The predicted octanol–water partition coefficient (Wildman–Crippen LogP) is 0.126. The molecule has 0 atom stereocenters. The highest BCUT2D eigenvalue weighted by Gasteiger charge is 2.12. The number of rotatable bonds is 2. The highest BCUT2D eigenvalue weighted by atomic mass is 35.5. The second kappa shape index (κ2) is 3.48. The minimum absolute atomic E-state index is 0.0992. The van der Waals surface area contributed by atoms with Crippen molar-refractivity contribution in [2.75, 3.05) is 0 Å². The quantitative estimate of drug-likeness (QED) is 0.510. The number of nitrogens with zero attached hydrogens (tertiary/aromatic N) is 1. The van der Waals surface area contributed by atoms with Crippen LogP contribution in [-0.2, 0) is 0 Å². The van der Waals surface area contributed by atoms with Gasteiger partial charge in [-0.05, 0) is 12.1 Å². The molecule has 12 heavy (non-hydrogen) atoms. The van der Waals surface area contributed by atoms with Crippen molar-refractivity contribution in [2.24, 2.45) is 0 Å². The van der Waals surface area contributed by atoms with E-state index < -0.39 is 5.97 Å². The van der Waals surface area contributed by atoms with Gasteiger partial charge in [0.15, 0.2) is 0 Å². The van der Waals surface area contributed by atoms with Crippen LogP contribution in [0.5, 0.6) is 0 Å². The maximum absolute atomic E-state index is 10.4. The Kier molecular flexibility index (Phi) is 2.59. The van der Waals surface area contributed by atoms with Crippen molar-refractivity contribution in [1.82, 2.24) is 4.98 Å². The zero-order chi connectivity index (χ0) is 9.14. The molecule has 1 aromatic heterocycles. The van der Waals surface area contributed by atoms with Crippen LogP contribution in [0.25, 0.3) is 0 Å². The normalized spacial score (nSPS) is 9.83. The lowest BCUT2D eigenvalue weighted by Gasteiger charge is -2.03. The summed E-state index contributed by atoms with van der Waals surface area (Å²) >= 11 is 5.44. The summed E-state index contributed by atoms with van der Waals surface area (Å²) in [5.41, 5.74) is 0.212. The Hall–Kier alpha value is -1.17. The molecule has 0 aliphatic rings. The number of carbonyl (C=O) groups is 1. The third kappa shape index (κ3) is 1.70. The standard InChI is InChI=1S/C6H5ClN2O3/c7-4-2-1-3(6(10)11)5(8-4)9-12/h1-2H,9H2,(H,10,11). The Morgan fingerprint density at radius 1 is 1.67 bits per heavy atom. The Morgan fingerprint density at radius 2 is 2.33 bits per heavy atom. The molecule has 5 nitrogen and oxygen atoms in total. The Bertz CT molecular complexity index is 316. The molecule has 1 heterocycles. The van der Waals surface area contributed by atoms with E-state index in [0.717, 1.165) is 0 Å². The maximum atomic E-state index is 10.4. The first-order valence-corrected chi connectivity index (χ1v) is 3.38. The summed E-state index contributed by atoms with van der Waals surface area (Å²) in [5.74, 6) is -1.35. The lowest BCUT2D eigenvalue weighted by Crippen LogP contribution is -2.71. The molecule has 0 aliphatic carbocycles. The summed E-state index contributed by atoms with van der Waals surface area (Å²) in [6, 6.07) is 2.55. The van der Waals surface area contributed by atoms with Crippen LogP contribution in [0.15, 0.2) is 12.1 Å². The minimum Gasteiger partial charge on any atom is -0.629 e. The molecule has 0 aliphatic heterocycles. The largest absolute Gasteiger partial charge is 0.629 e. The van der Waals surface area contributed by atoms with Gasteiger partial charge >= 0.3 is 5.97 Å². The average molecular weight is 189 g/mol. The fourth-order valence-corrected chi connectivity index (χ4v) is 0.875. The van der Waals surface area contributed by atoms with Crippen LogP contribution in [0.4, 0.5) is 5.82 Å². The number of pyridine rings is 1. The summed E-state index contributed by atoms with van der Waals surface area (Å²) in [6.45, 7) is 0. The van der Waals surface area contributed by atoms with E-state index in [0.29, 0.717) is 5.48 Å². The molecular weight excluding hydrogens is 184 g/mol. The van der Waals surface area contributed by atoms with Crippen LogP contribution in [0.1, 0.15) is 10.4 Å². The van der Waals surface area contributed by atoms with Gasteiger partial charge < -0.3 is 15.8 Å². The highest BCUT2D eigenvalue weighted by Crippen LogP contribution is 2.11. The minimum atomic E-state index is -1.19. The lowest BCUT2D eigenvalue weighted by molar-refractivity contribution is -0.501. The first-order valence-electron chi connectivity index (χ1n) is 3.00. The number of aromatic nitrogens is 1. The fourth-order valence-electron chi connectivity index (χ4n) is 0.721. The molecule has 3 N–H and O–H groups in total. The summed E-state index contributed by atoms with van der Waals surface area (Å²) in [5, 5.41) is 18.9. The van der Waals surface area contributed by atoms with E-state index in [1.807, 2.05) is 0 Å². The summed E-state index contributed by atoms with van der Waals surface area (Å²) in [6.07, 6.45) is 0.